The van der Waals surface area contributed by atoms with E-state index in [1.165, 1.54) is 19.3 Å². The second-order valence-corrected chi connectivity index (χ2v) is 9.55. The fourth-order valence-electron chi connectivity index (χ4n) is 3.61. The molecule has 0 spiro atoms. The van der Waals surface area contributed by atoms with Crippen LogP contribution in [0.5, 0.6) is 0 Å². The number of rotatable bonds is 4. The SMILES string of the molecule is C[C@H](P)[C@@H]1CCCC1P(c1ccccc1)c1ccccc1. The van der Waals surface area contributed by atoms with Crippen molar-refractivity contribution in [2.24, 2.45) is 5.92 Å². The summed E-state index contributed by atoms with van der Waals surface area (Å²) in [5.41, 5.74) is 1.55. The van der Waals surface area contributed by atoms with Crippen LogP contribution in [0.4, 0.5) is 0 Å². The van der Waals surface area contributed by atoms with Gasteiger partial charge in [-0.15, -0.1) is 9.24 Å². The van der Waals surface area contributed by atoms with Gasteiger partial charge in [0.1, 0.15) is 0 Å². The van der Waals surface area contributed by atoms with E-state index < -0.39 is 0 Å². The maximum atomic E-state index is 3.06. The van der Waals surface area contributed by atoms with Crippen LogP contribution in [0.1, 0.15) is 26.2 Å². The van der Waals surface area contributed by atoms with Crippen LogP contribution in [0.25, 0.3) is 0 Å². The van der Waals surface area contributed by atoms with Crippen molar-refractivity contribution in [1.82, 2.24) is 0 Å². The van der Waals surface area contributed by atoms with Gasteiger partial charge in [-0.05, 0) is 48.6 Å². The maximum Gasteiger partial charge on any atom is -0.00947 e. The molecule has 0 amide bonds. The molecule has 1 saturated carbocycles. The zero-order valence-electron chi connectivity index (χ0n) is 12.7. The van der Waals surface area contributed by atoms with E-state index in [-0.39, 0.29) is 7.92 Å². The van der Waals surface area contributed by atoms with Crippen molar-refractivity contribution >= 4 is 27.8 Å². The summed E-state index contributed by atoms with van der Waals surface area (Å²) >= 11 is 0. The molecule has 1 aliphatic carbocycles. The van der Waals surface area contributed by atoms with Crippen LogP contribution in [-0.4, -0.2) is 11.3 Å². The Morgan fingerprint density at radius 3 is 1.90 bits per heavy atom. The molecular weight excluding hydrogens is 290 g/mol. The summed E-state index contributed by atoms with van der Waals surface area (Å²) in [6, 6.07) is 22.4. The second kappa shape index (κ2) is 7.04. The minimum atomic E-state index is -0.237. The van der Waals surface area contributed by atoms with E-state index in [4.69, 9.17) is 0 Å². The van der Waals surface area contributed by atoms with Gasteiger partial charge >= 0.3 is 0 Å². The average molecular weight is 314 g/mol. The van der Waals surface area contributed by atoms with Gasteiger partial charge in [-0.3, -0.25) is 0 Å². The van der Waals surface area contributed by atoms with Gasteiger partial charge in [0.15, 0.2) is 0 Å². The predicted octanol–water partition coefficient (Wildman–Crippen LogP) is 4.55. The highest BCUT2D eigenvalue weighted by molar-refractivity contribution is 7.73. The quantitative estimate of drug-likeness (QED) is 0.726. The van der Waals surface area contributed by atoms with Gasteiger partial charge in [0, 0.05) is 0 Å². The smallest absolute Gasteiger partial charge is 0.00947 e. The molecule has 1 aliphatic rings. The van der Waals surface area contributed by atoms with E-state index in [0.717, 1.165) is 17.2 Å². The molecular formula is C19H24P2. The topological polar surface area (TPSA) is 0 Å². The normalized spacial score (nSPS) is 23.4. The molecule has 0 aromatic heterocycles. The predicted molar refractivity (Wildman–Crippen MR) is 99.4 cm³/mol. The fraction of sp³-hybridized carbons (Fsp3) is 0.368. The molecule has 0 nitrogen and oxygen atoms in total. The molecule has 0 heterocycles. The number of hydrogen-bond acceptors (Lipinski definition) is 0. The van der Waals surface area contributed by atoms with Gasteiger partial charge < -0.3 is 0 Å². The zero-order chi connectivity index (χ0) is 14.7. The Labute approximate surface area is 132 Å². The lowest BCUT2D eigenvalue weighted by atomic mass is 10.0. The molecule has 0 saturated heterocycles. The van der Waals surface area contributed by atoms with Crippen molar-refractivity contribution in [2.75, 3.05) is 0 Å². The van der Waals surface area contributed by atoms with Crippen molar-refractivity contribution < 1.29 is 0 Å². The molecule has 0 radical (unpaired) electrons. The van der Waals surface area contributed by atoms with Crippen LogP contribution in [0.15, 0.2) is 60.7 Å². The van der Waals surface area contributed by atoms with Crippen molar-refractivity contribution in [2.45, 2.75) is 37.5 Å². The van der Waals surface area contributed by atoms with E-state index in [2.05, 4.69) is 76.8 Å². The Bertz CT molecular complexity index is 511. The Kier molecular flexibility index (Phi) is 5.10. The first-order valence-corrected chi connectivity index (χ1v) is 10.00. The maximum absolute atomic E-state index is 3.06. The summed E-state index contributed by atoms with van der Waals surface area (Å²) in [7, 11) is 2.82. The van der Waals surface area contributed by atoms with Crippen molar-refractivity contribution in [3.05, 3.63) is 60.7 Å². The first kappa shape index (κ1) is 15.2. The standard InChI is InChI=1S/C19H24P2/c1-15(20)18-13-8-14-19(18)21(16-9-4-2-5-10-16)17-11-6-3-7-12-17/h2-7,9-12,15,18-19H,8,13-14,20H2,1H3/t15-,18-,19?/m0/s1. The van der Waals surface area contributed by atoms with Crippen LogP contribution in [0, 0.1) is 5.92 Å². The summed E-state index contributed by atoms with van der Waals surface area (Å²) < 4.78 is 0. The number of hydrogen-bond donors (Lipinski definition) is 0. The van der Waals surface area contributed by atoms with E-state index in [1.807, 2.05) is 0 Å². The molecule has 2 unspecified atom stereocenters. The molecule has 21 heavy (non-hydrogen) atoms. The third kappa shape index (κ3) is 3.39. The first-order valence-electron chi connectivity index (χ1n) is 7.92. The molecule has 2 aromatic carbocycles. The van der Waals surface area contributed by atoms with Crippen LogP contribution in [0.2, 0.25) is 0 Å². The third-order valence-electron chi connectivity index (χ3n) is 4.61. The highest BCUT2D eigenvalue weighted by Crippen LogP contribution is 2.51. The lowest BCUT2D eigenvalue weighted by Crippen LogP contribution is -2.28. The Morgan fingerprint density at radius 1 is 0.905 bits per heavy atom. The summed E-state index contributed by atoms with van der Waals surface area (Å²) in [4.78, 5) is 0. The van der Waals surface area contributed by atoms with Crippen LogP contribution >= 0.6 is 17.2 Å². The first-order chi connectivity index (χ1) is 10.3. The second-order valence-electron chi connectivity index (χ2n) is 6.06. The molecule has 110 valence electrons. The largest absolute Gasteiger partial charge is 0.134 e. The van der Waals surface area contributed by atoms with E-state index in [0.29, 0.717) is 0 Å². The molecule has 2 aromatic rings. The van der Waals surface area contributed by atoms with Gasteiger partial charge in [0.05, 0.1) is 0 Å². The Morgan fingerprint density at radius 2 is 1.43 bits per heavy atom. The van der Waals surface area contributed by atoms with Crippen molar-refractivity contribution in [1.29, 1.82) is 0 Å². The van der Waals surface area contributed by atoms with Crippen LogP contribution in [-0.2, 0) is 0 Å². The lowest BCUT2D eigenvalue weighted by molar-refractivity contribution is 0.552. The van der Waals surface area contributed by atoms with Gasteiger partial charge in [-0.1, -0.05) is 74.0 Å². The highest BCUT2D eigenvalue weighted by Gasteiger charge is 2.36. The Hall–Kier alpha value is -0.700. The molecule has 4 atom stereocenters. The summed E-state index contributed by atoms with van der Waals surface area (Å²) in [6.07, 6.45) is 4.18. The highest BCUT2D eigenvalue weighted by atomic mass is 31.1. The lowest BCUT2D eigenvalue weighted by Gasteiger charge is -2.32. The van der Waals surface area contributed by atoms with Crippen LogP contribution < -0.4 is 10.6 Å². The van der Waals surface area contributed by atoms with E-state index in [9.17, 15) is 0 Å². The fourth-order valence-corrected chi connectivity index (χ4v) is 7.55. The van der Waals surface area contributed by atoms with Gasteiger partial charge in [-0.25, -0.2) is 0 Å². The van der Waals surface area contributed by atoms with E-state index >= 15 is 0 Å². The molecule has 1 fully saturated rings. The molecule has 2 heteroatoms. The molecule has 0 aliphatic heterocycles. The van der Waals surface area contributed by atoms with E-state index in [1.54, 1.807) is 10.6 Å². The average Bonchev–Trinajstić information content (AvgIpc) is 2.99. The van der Waals surface area contributed by atoms with Crippen molar-refractivity contribution in [3.8, 4) is 0 Å². The summed E-state index contributed by atoms with van der Waals surface area (Å²) in [5.74, 6) is 0.849. The number of benzene rings is 2. The molecule has 3 rings (SSSR count). The van der Waals surface area contributed by atoms with Crippen molar-refractivity contribution in [3.63, 3.8) is 0 Å². The van der Waals surface area contributed by atoms with Gasteiger partial charge in [0.25, 0.3) is 0 Å². The minimum Gasteiger partial charge on any atom is -0.134 e. The van der Waals surface area contributed by atoms with Crippen LogP contribution in [0.3, 0.4) is 0 Å². The minimum absolute atomic E-state index is 0.237. The summed E-state index contributed by atoms with van der Waals surface area (Å²) in [6.45, 7) is 2.37. The van der Waals surface area contributed by atoms with Gasteiger partial charge in [0.2, 0.25) is 0 Å². The third-order valence-corrected chi connectivity index (χ3v) is 8.12. The monoisotopic (exact) mass is 314 g/mol. The molecule has 0 N–H and O–H groups in total. The van der Waals surface area contributed by atoms with Gasteiger partial charge in [-0.2, -0.15) is 0 Å². The summed E-state index contributed by atoms with van der Waals surface area (Å²) in [5, 5.41) is 3.09. The Balaban J connectivity index is 2.01. The zero-order valence-corrected chi connectivity index (χ0v) is 14.7. The molecule has 0 bridgehead atoms.